The van der Waals surface area contributed by atoms with Gasteiger partial charge in [-0.25, -0.2) is 0 Å². The Hall–Kier alpha value is -7.78. The molecule has 0 saturated heterocycles. The number of nitrogens with zero attached hydrogens (tertiary/aromatic N) is 1. The van der Waals surface area contributed by atoms with Crippen molar-refractivity contribution in [1.82, 2.24) is 0 Å². The van der Waals surface area contributed by atoms with Crippen LogP contribution >= 0.6 is 11.3 Å². The molecular formula is C61H37NS. The molecule has 0 unspecified atom stereocenters. The lowest BCUT2D eigenvalue weighted by Gasteiger charge is -2.32. The lowest BCUT2D eigenvalue weighted by Crippen LogP contribution is -2.26. The first-order valence-electron chi connectivity index (χ1n) is 21.8. The van der Waals surface area contributed by atoms with Crippen LogP contribution in [0.25, 0.3) is 85.9 Å². The van der Waals surface area contributed by atoms with Crippen molar-refractivity contribution < 1.29 is 0 Å². The second-order valence-corrected chi connectivity index (χ2v) is 18.2. The molecule has 0 fully saturated rings. The minimum absolute atomic E-state index is 0.437. The average Bonchev–Trinajstić information content (AvgIpc) is 3.99. The van der Waals surface area contributed by atoms with Crippen LogP contribution in [0.4, 0.5) is 17.1 Å². The van der Waals surface area contributed by atoms with Crippen LogP contribution in [0.1, 0.15) is 22.3 Å². The van der Waals surface area contributed by atoms with Crippen molar-refractivity contribution in [3.8, 4) is 33.4 Å². The molecular weight excluding hydrogens is 779 g/mol. The number of hydrogen-bond donors (Lipinski definition) is 0. The molecule has 1 aromatic heterocycles. The highest BCUT2D eigenvalue weighted by atomic mass is 32.1. The van der Waals surface area contributed by atoms with E-state index < -0.39 is 5.41 Å². The highest BCUT2D eigenvalue weighted by molar-refractivity contribution is 7.25. The van der Waals surface area contributed by atoms with Gasteiger partial charge in [-0.05, 0) is 131 Å². The van der Waals surface area contributed by atoms with E-state index in [1.54, 1.807) is 0 Å². The highest BCUT2D eigenvalue weighted by Gasteiger charge is 2.52. The summed E-state index contributed by atoms with van der Waals surface area (Å²) in [5.74, 6) is 0. The third kappa shape index (κ3) is 4.76. The molecule has 2 heteroatoms. The third-order valence-corrected chi connectivity index (χ3v) is 15.2. The van der Waals surface area contributed by atoms with Gasteiger partial charge in [0.2, 0.25) is 0 Å². The quantitative estimate of drug-likeness (QED) is 0.160. The van der Waals surface area contributed by atoms with Gasteiger partial charge >= 0.3 is 0 Å². The Bertz CT molecular complexity index is 3790. The monoisotopic (exact) mass is 815 g/mol. The maximum Gasteiger partial charge on any atom is 0.0726 e. The lowest BCUT2D eigenvalue weighted by atomic mass is 9.70. The molecule has 63 heavy (non-hydrogen) atoms. The van der Waals surface area contributed by atoms with E-state index in [-0.39, 0.29) is 0 Å². The van der Waals surface area contributed by atoms with Crippen molar-refractivity contribution in [2.45, 2.75) is 5.41 Å². The topological polar surface area (TPSA) is 3.24 Å². The zero-order valence-electron chi connectivity index (χ0n) is 34.2. The third-order valence-electron chi connectivity index (χ3n) is 14.1. The first-order chi connectivity index (χ1) is 31.3. The fourth-order valence-corrected chi connectivity index (χ4v) is 12.6. The van der Waals surface area contributed by atoms with Crippen molar-refractivity contribution in [2.75, 3.05) is 4.90 Å². The number of benzene rings is 11. The molecule has 1 heterocycles. The normalized spacial score (nSPS) is 13.2. The van der Waals surface area contributed by atoms with Gasteiger partial charge in [-0.2, -0.15) is 0 Å². The highest BCUT2D eigenvalue weighted by Crippen LogP contribution is 2.64. The molecule has 2 aliphatic carbocycles. The van der Waals surface area contributed by atoms with Crippen LogP contribution in [0.2, 0.25) is 0 Å². The number of thiophene rings is 1. The molecule has 0 aliphatic heterocycles. The zero-order valence-corrected chi connectivity index (χ0v) is 35.0. The van der Waals surface area contributed by atoms with Gasteiger partial charge in [-0.3, -0.25) is 0 Å². The van der Waals surface area contributed by atoms with Gasteiger partial charge in [0.25, 0.3) is 0 Å². The molecule has 0 saturated carbocycles. The van der Waals surface area contributed by atoms with Gasteiger partial charge in [-0.15, -0.1) is 11.3 Å². The van der Waals surface area contributed by atoms with Gasteiger partial charge in [0.1, 0.15) is 0 Å². The van der Waals surface area contributed by atoms with E-state index in [0.29, 0.717) is 0 Å². The van der Waals surface area contributed by atoms with E-state index in [4.69, 9.17) is 0 Å². The van der Waals surface area contributed by atoms with Crippen LogP contribution in [0.5, 0.6) is 0 Å². The van der Waals surface area contributed by atoms with Gasteiger partial charge in [0, 0.05) is 37.1 Å². The van der Waals surface area contributed by atoms with E-state index in [0.717, 1.165) is 11.4 Å². The summed E-state index contributed by atoms with van der Waals surface area (Å²) in [5.41, 5.74) is 16.0. The smallest absolute Gasteiger partial charge is 0.0726 e. The van der Waals surface area contributed by atoms with Crippen molar-refractivity contribution in [3.63, 3.8) is 0 Å². The molecule has 0 radical (unpaired) electrons. The largest absolute Gasteiger partial charge is 0.310 e. The second kappa shape index (κ2) is 13.1. The summed E-state index contributed by atoms with van der Waals surface area (Å²) in [6, 6.07) is 84.2. The Labute approximate surface area is 369 Å². The maximum atomic E-state index is 2.52. The van der Waals surface area contributed by atoms with E-state index in [2.05, 4.69) is 229 Å². The molecule has 0 N–H and O–H groups in total. The average molecular weight is 816 g/mol. The number of fused-ring (bicyclic) bond motifs is 19. The lowest BCUT2D eigenvalue weighted by molar-refractivity contribution is 0.794. The van der Waals surface area contributed by atoms with Gasteiger partial charge in [0.05, 0.1) is 11.1 Å². The molecule has 11 aromatic carbocycles. The number of anilines is 3. The van der Waals surface area contributed by atoms with Crippen LogP contribution < -0.4 is 4.90 Å². The van der Waals surface area contributed by atoms with Gasteiger partial charge in [0.15, 0.2) is 0 Å². The molecule has 1 nitrogen and oxygen atoms in total. The SMILES string of the molecule is c1ccc2c(c1)-c1ccccc1C21c2ccccc2-c2c(N(c3ccc(-c4ccc5sc6ccccc6c5c4)cc3)c3ccc4c5ccccc5c5ccccc5c4c3)cccc21. The van der Waals surface area contributed by atoms with Gasteiger partial charge < -0.3 is 4.90 Å². The summed E-state index contributed by atoms with van der Waals surface area (Å²) < 4.78 is 2.65. The van der Waals surface area contributed by atoms with Crippen LogP contribution in [0.3, 0.4) is 0 Å². The minimum Gasteiger partial charge on any atom is -0.310 e. The molecule has 12 aromatic rings. The minimum atomic E-state index is -0.437. The predicted molar refractivity (Wildman–Crippen MR) is 268 cm³/mol. The molecule has 0 amide bonds. The standard InChI is InChI=1S/C61H37NS/c1-2-16-44-42(14-1)43-15-3-4-17-45(43)51-37-41(33-34-46(44)51)62(40-31-28-38(29-32-40)39-30-35-59-52(36-39)49-20-8-12-27-58(49)63-59)57-26-13-25-56-60(57)50-21-7-11-24-55(50)61(56)53-22-9-5-18-47(53)48-19-6-10-23-54(48)61/h1-37H. The summed E-state index contributed by atoms with van der Waals surface area (Å²) in [7, 11) is 0. The molecule has 292 valence electrons. The summed E-state index contributed by atoms with van der Waals surface area (Å²) in [6.07, 6.45) is 0. The summed E-state index contributed by atoms with van der Waals surface area (Å²) in [4.78, 5) is 2.52. The van der Waals surface area contributed by atoms with Crippen LogP contribution in [0, 0.1) is 0 Å². The molecule has 14 rings (SSSR count). The predicted octanol–water partition coefficient (Wildman–Crippen LogP) is 17.0. The fraction of sp³-hybridized carbons (Fsp3) is 0.0164. The van der Waals surface area contributed by atoms with Crippen molar-refractivity contribution in [1.29, 1.82) is 0 Å². The second-order valence-electron chi connectivity index (χ2n) is 17.1. The molecule has 0 atom stereocenters. The first kappa shape index (κ1) is 34.9. The van der Waals surface area contributed by atoms with Crippen molar-refractivity contribution >= 4 is 80.9 Å². The van der Waals surface area contributed by atoms with Crippen LogP contribution in [0.15, 0.2) is 224 Å². The Morgan fingerprint density at radius 2 is 0.794 bits per heavy atom. The Morgan fingerprint density at radius 3 is 1.48 bits per heavy atom. The molecule has 1 spiro atoms. The maximum absolute atomic E-state index is 2.52. The van der Waals surface area contributed by atoms with E-state index in [9.17, 15) is 0 Å². The number of rotatable bonds is 4. The van der Waals surface area contributed by atoms with Crippen molar-refractivity contribution in [2.24, 2.45) is 0 Å². The molecule has 2 aliphatic rings. The van der Waals surface area contributed by atoms with E-state index in [1.807, 2.05) is 11.3 Å². The summed E-state index contributed by atoms with van der Waals surface area (Å²) in [6.45, 7) is 0. The van der Waals surface area contributed by atoms with E-state index in [1.165, 1.54) is 114 Å². The Morgan fingerprint density at radius 1 is 0.302 bits per heavy atom. The summed E-state index contributed by atoms with van der Waals surface area (Å²) >= 11 is 1.87. The fourth-order valence-electron chi connectivity index (χ4n) is 11.5. The Balaban J connectivity index is 1.03. The van der Waals surface area contributed by atoms with Gasteiger partial charge in [-0.1, -0.05) is 176 Å². The number of hydrogen-bond acceptors (Lipinski definition) is 2. The van der Waals surface area contributed by atoms with Crippen LogP contribution in [-0.4, -0.2) is 0 Å². The molecule has 0 bridgehead atoms. The van der Waals surface area contributed by atoms with Crippen LogP contribution in [-0.2, 0) is 5.41 Å². The summed E-state index contributed by atoms with van der Waals surface area (Å²) in [5, 5.41) is 10.3. The Kier molecular flexibility index (Phi) is 7.26. The zero-order chi connectivity index (χ0) is 41.2. The van der Waals surface area contributed by atoms with E-state index >= 15 is 0 Å². The first-order valence-corrected chi connectivity index (χ1v) is 22.7. The van der Waals surface area contributed by atoms with Crippen molar-refractivity contribution in [3.05, 3.63) is 247 Å².